The Balaban J connectivity index is 1.37. The second-order valence-corrected chi connectivity index (χ2v) is 12.9. The molecule has 0 radical (unpaired) electrons. The third-order valence-corrected chi connectivity index (χ3v) is 9.43. The van der Waals surface area contributed by atoms with E-state index in [1.807, 2.05) is 122 Å². The summed E-state index contributed by atoms with van der Waals surface area (Å²) >= 11 is 0. The van der Waals surface area contributed by atoms with Crippen molar-refractivity contribution in [2.24, 2.45) is 20.0 Å². The molecule has 0 aromatic heterocycles. The fraction of sp³-hybridized carbons (Fsp3) is 0.0217. The van der Waals surface area contributed by atoms with Crippen LogP contribution in [0.25, 0.3) is 22.3 Å². The summed E-state index contributed by atoms with van der Waals surface area (Å²) in [5.41, 5.74) is 13.8. The number of nitrogens with zero attached hydrogens (tertiary/aromatic N) is 4. The fourth-order valence-corrected chi connectivity index (χ4v) is 7.08. The zero-order chi connectivity index (χ0) is 35.2. The molecule has 5 aliphatic heterocycles. The van der Waals surface area contributed by atoms with Crippen molar-refractivity contribution in [2.75, 3.05) is 0 Å². The quantitative estimate of drug-likeness (QED) is 0.229. The van der Waals surface area contributed by atoms with Gasteiger partial charge in [-0.15, -0.1) is 0 Å². The van der Waals surface area contributed by atoms with Crippen LogP contribution in [0.5, 0.6) is 0 Å². The lowest BCUT2D eigenvalue weighted by molar-refractivity contribution is 0.0696. The van der Waals surface area contributed by atoms with Crippen LogP contribution >= 0.6 is 0 Å². The van der Waals surface area contributed by atoms with E-state index in [-0.39, 0.29) is 5.56 Å². The molecule has 1 N–H and O–H groups in total. The largest absolute Gasteiger partial charge is 0.478 e. The lowest BCUT2D eigenvalue weighted by Gasteiger charge is -2.16. The molecule has 0 amide bonds. The Morgan fingerprint density at radius 3 is 1.63 bits per heavy atom. The second kappa shape index (κ2) is 12.7. The second-order valence-electron chi connectivity index (χ2n) is 12.9. The maximum atomic E-state index is 12.7. The summed E-state index contributed by atoms with van der Waals surface area (Å²) in [5.74, 6) is -1.00. The number of carboxylic acids is 1. The highest BCUT2D eigenvalue weighted by Crippen LogP contribution is 2.40. The first kappa shape index (κ1) is 31.0. The van der Waals surface area contributed by atoms with Crippen LogP contribution in [0.3, 0.4) is 0 Å². The first-order valence-corrected chi connectivity index (χ1v) is 17.1. The summed E-state index contributed by atoms with van der Waals surface area (Å²) in [6, 6.07) is 35.9. The molecule has 6 heteroatoms. The molecule has 8 bridgehead atoms. The molecule has 0 aliphatic carbocycles. The number of hydrogen-bond acceptors (Lipinski definition) is 5. The third-order valence-electron chi connectivity index (χ3n) is 9.43. The van der Waals surface area contributed by atoms with E-state index < -0.39 is 5.97 Å². The van der Waals surface area contributed by atoms with Crippen molar-refractivity contribution in [3.8, 4) is 0 Å². The minimum absolute atomic E-state index is 0.211. The predicted molar refractivity (Wildman–Crippen MR) is 211 cm³/mol. The Hall–Kier alpha value is -7.05. The highest BCUT2D eigenvalue weighted by molar-refractivity contribution is 6.48. The van der Waals surface area contributed by atoms with Gasteiger partial charge in [-0.05, 0) is 83.9 Å². The Labute approximate surface area is 301 Å². The van der Waals surface area contributed by atoms with Gasteiger partial charge < -0.3 is 5.11 Å². The first-order valence-electron chi connectivity index (χ1n) is 17.1. The normalized spacial score (nSPS) is 17.3. The van der Waals surface area contributed by atoms with Crippen LogP contribution in [0, 0.1) is 6.92 Å². The van der Waals surface area contributed by atoms with Gasteiger partial charge >= 0.3 is 5.97 Å². The van der Waals surface area contributed by atoms with E-state index in [9.17, 15) is 9.90 Å². The van der Waals surface area contributed by atoms with Crippen LogP contribution in [0.1, 0.15) is 38.2 Å². The molecule has 4 aromatic rings. The van der Waals surface area contributed by atoms with E-state index in [4.69, 9.17) is 20.0 Å². The van der Waals surface area contributed by atoms with Crippen molar-refractivity contribution in [1.82, 2.24) is 0 Å². The molecule has 4 aromatic carbocycles. The maximum absolute atomic E-state index is 12.7. The van der Waals surface area contributed by atoms with E-state index in [2.05, 4.69) is 36.4 Å². The number of hydrogen-bond donors (Lipinski definition) is 1. The summed E-state index contributed by atoms with van der Waals surface area (Å²) in [6.07, 6.45) is 16.1. The van der Waals surface area contributed by atoms with E-state index in [1.54, 1.807) is 6.07 Å². The Kier molecular flexibility index (Phi) is 7.55. The molecule has 246 valence electrons. The van der Waals surface area contributed by atoms with Gasteiger partial charge in [-0.1, -0.05) is 109 Å². The van der Waals surface area contributed by atoms with Gasteiger partial charge in [0.2, 0.25) is 0 Å². The van der Waals surface area contributed by atoms with E-state index >= 15 is 0 Å². The lowest BCUT2D eigenvalue weighted by Crippen LogP contribution is -2.10. The average molecular weight is 671 g/mol. The van der Waals surface area contributed by atoms with Gasteiger partial charge in [0.25, 0.3) is 0 Å². The maximum Gasteiger partial charge on any atom is 0.336 e. The molecule has 0 saturated heterocycles. The number of aromatic carboxylic acids is 1. The molecular formula is C46H30N4O2. The van der Waals surface area contributed by atoms with E-state index in [1.165, 1.54) is 0 Å². The monoisotopic (exact) mass is 670 g/mol. The van der Waals surface area contributed by atoms with Crippen LogP contribution in [-0.2, 0) is 0 Å². The molecule has 5 aliphatic rings. The zero-order valence-electron chi connectivity index (χ0n) is 28.2. The average Bonchev–Trinajstić information content (AvgIpc) is 4.00. The molecule has 0 saturated carbocycles. The highest BCUT2D eigenvalue weighted by atomic mass is 16.4. The smallest absolute Gasteiger partial charge is 0.336 e. The fourth-order valence-electron chi connectivity index (χ4n) is 7.08. The van der Waals surface area contributed by atoms with E-state index in [0.29, 0.717) is 28.2 Å². The Bertz CT molecular complexity index is 2600. The number of benzene rings is 4. The number of aryl methyl sites for hydroxylation is 1. The first-order chi connectivity index (χ1) is 25.5. The van der Waals surface area contributed by atoms with Gasteiger partial charge in [-0.25, -0.2) is 24.8 Å². The summed E-state index contributed by atoms with van der Waals surface area (Å²) in [5, 5.41) is 10.4. The Morgan fingerprint density at radius 2 is 1.06 bits per heavy atom. The lowest BCUT2D eigenvalue weighted by atomic mass is 9.88. The molecule has 0 unspecified atom stereocenters. The van der Waals surface area contributed by atoms with Crippen LogP contribution in [0.15, 0.2) is 201 Å². The number of fused-ring (bicyclic) bond motifs is 4. The standard InChI is InChI=1S/C46H30N4O2/c1-28-17-19-34(36(25-28)46(51)52)35-27-33-26-32-18-20-37(47-32)42(29-11-5-2-6-12-29)38-21-22-39(49-38)43(30-13-7-3-8-14-30)40-23-24-41(50-40)44(45(35)48-33)31-15-9-4-10-16-31/h2-27H,1H3,(H,51,52). The number of carboxylic acid groups (broad SMARTS) is 1. The zero-order valence-corrected chi connectivity index (χ0v) is 28.2. The van der Waals surface area contributed by atoms with Crippen LogP contribution in [-0.4, -0.2) is 33.9 Å². The number of rotatable bonds is 5. The van der Waals surface area contributed by atoms with Crippen LogP contribution in [0.2, 0.25) is 0 Å². The molecule has 9 rings (SSSR count). The van der Waals surface area contributed by atoms with Crippen molar-refractivity contribution < 1.29 is 9.90 Å². The third kappa shape index (κ3) is 5.53. The van der Waals surface area contributed by atoms with Gasteiger partial charge in [-0.3, -0.25) is 0 Å². The topological polar surface area (TPSA) is 86.7 Å². The molecule has 6 nitrogen and oxygen atoms in total. The van der Waals surface area contributed by atoms with Crippen molar-refractivity contribution in [3.05, 3.63) is 214 Å². The van der Waals surface area contributed by atoms with Crippen molar-refractivity contribution >= 4 is 51.1 Å². The van der Waals surface area contributed by atoms with Gasteiger partial charge in [0.05, 0.1) is 51.2 Å². The molecule has 5 heterocycles. The van der Waals surface area contributed by atoms with Crippen LogP contribution < -0.4 is 0 Å². The summed E-state index contributed by atoms with van der Waals surface area (Å²) in [6.45, 7) is 1.90. The molecule has 0 atom stereocenters. The van der Waals surface area contributed by atoms with Gasteiger partial charge in [0.15, 0.2) is 0 Å². The van der Waals surface area contributed by atoms with E-state index in [0.717, 1.165) is 67.5 Å². The minimum atomic E-state index is -1.00. The van der Waals surface area contributed by atoms with Crippen molar-refractivity contribution in [1.29, 1.82) is 0 Å². The molecule has 0 fully saturated rings. The SMILES string of the molecule is Cc1ccc(C2=CC3=CC4=NC(=C(c5ccccc5)C5=NC(=C(c6ccccc6)C6=NC(=C(c7ccccc7)C2=N3)C=C6)C=C5)C=C4)c(C(=O)O)c1. The summed E-state index contributed by atoms with van der Waals surface area (Å²) in [4.78, 5) is 33.6. The van der Waals surface area contributed by atoms with Crippen LogP contribution in [0.4, 0.5) is 0 Å². The van der Waals surface area contributed by atoms with Gasteiger partial charge in [-0.2, -0.15) is 0 Å². The highest BCUT2D eigenvalue weighted by Gasteiger charge is 2.30. The number of aliphatic imine (C=N–C) groups is 4. The summed E-state index contributed by atoms with van der Waals surface area (Å²) in [7, 11) is 0. The predicted octanol–water partition coefficient (Wildman–Crippen LogP) is 9.70. The van der Waals surface area contributed by atoms with Gasteiger partial charge in [0.1, 0.15) is 0 Å². The summed E-state index contributed by atoms with van der Waals surface area (Å²) < 4.78 is 0. The molecule has 52 heavy (non-hydrogen) atoms. The van der Waals surface area contributed by atoms with Gasteiger partial charge in [0, 0.05) is 22.3 Å². The number of allylic oxidation sites excluding steroid dienone is 12. The molecular weight excluding hydrogens is 641 g/mol. The Morgan fingerprint density at radius 1 is 0.538 bits per heavy atom. The molecule has 0 spiro atoms. The van der Waals surface area contributed by atoms with Crippen molar-refractivity contribution in [2.45, 2.75) is 6.92 Å². The van der Waals surface area contributed by atoms with Crippen molar-refractivity contribution in [3.63, 3.8) is 0 Å². The minimum Gasteiger partial charge on any atom is -0.478 e. The number of carbonyl (C=O) groups is 1.